The molecule has 0 saturated carbocycles. The van der Waals surface area contributed by atoms with Crippen molar-refractivity contribution in [1.82, 2.24) is 19.6 Å². The van der Waals surface area contributed by atoms with E-state index >= 15 is 0 Å². The molecule has 0 saturated heterocycles. The van der Waals surface area contributed by atoms with Crippen molar-refractivity contribution in [3.8, 4) is 0 Å². The molecule has 1 N–H and O–H groups in total. The molecule has 14 heteroatoms. The summed E-state index contributed by atoms with van der Waals surface area (Å²) in [6.45, 7) is 12.1. The molecule has 43 heavy (non-hydrogen) atoms. The summed E-state index contributed by atoms with van der Waals surface area (Å²) < 4.78 is 20.5. The molecule has 2 aliphatic heterocycles. The van der Waals surface area contributed by atoms with Crippen LogP contribution in [0.2, 0.25) is 0 Å². The van der Waals surface area contributed by atoms with E-state index in [0.29, 0.717) is 31.9 Å². The average Bonchev–Trinajstić information content (AvgIpc) is 3.66. The Morgan fingerprint density at radius 3 is 1.70 bits per heavy atom. The Bertz CT molecular complexity index is 1050. The van der Waals surface area contributed by atoms with Crippen LogP contribution < -0.4 is 108 Å². The predicted octanol–water partition coefficient (Wildman–Crippen LogP) is -1.25. The number of aliphatic hydroxyl groups excluding tert-OH is 1. The van der Waals surface area contributed by atoms with Crippen LogP contribution >= 0.6 is 15.9 Å². The molecule has 4 rings (SSSR count). The number of rotatable bonds is 8. The fourth-order valence-corrected chi connectivity index (χ4v) is 4.78. The van der Waals surface area contributed by atoms with Crippen molar-refractivity contribution in [1.29, 1.82) is 0 Å². The van der Waals surface area contributed by atoms with E-state index in [1.807, 2.05) is 17.1 Å². The first-order valence-electron chi connectivity index (χ1n) is 12.8. The van der Waals surface area contributed by atoms with Crippen LogP contribution in [0.25, 0.3) is 11.1 Å². The third kappa shape index (κ3) is 17.1. The zero-order valence-electron chi connectivity index (χ0n) is 26.8. The average molecular weight is 726 g/mol. The molecular weight excluding hydrogens is 674 g/mol. The normalized spacial score (nSPS) is 13.7. The Hall–Kier alpha value is 0.923. The van der Waals surface area contributed by atoms with Crippen molar-refractivity contribution >= 4 is 33.5 Å². The van der Waals surface area contributed by atoms with Gasteiger partial charge in [0.25, 0.3) is 6.47 Å². The molecule has 0 atom stereocenters. The molecule has 0 amide bonds. The molecule has 2 aromatic rings. The number of carbonyl (C=O) groups is 1. The summed E-state index contributed by atoms with van der Waals surface area (Å²) in [5.41, 5.74) is 7.67. The number of hydrogen-bond acceptors (Lipinski definition) is 9. The summed E-state index contributed by atoms with van der Waals surface area (Å²) >= 11 is 3.56. The summed E-state index contributed by atoms with van der Waals surface area (Å²) in [4.78, 5) is 11.2. The molecule has 0 aromatic carbocycles. The van der Waals surface area contributed by atoms with E-state index < -0.39 is 0 Å². The third-order valence-corrected chi connectivity index (χ3v) is 6.58. The maximum absolute atomic E-state index is 8.64. The summed E-state index contributed by atoms with van der Waals surface area (Å²) in [6.07, 6.45) is 5.68. The largest absolute Gasteiger partial charge is 1.00 e. The van der Waals surface area contributed by atoms with Gasteiger partial charge in [-0.2, -0.15) is 10.2 Å². The predicted molar refractivity (Wildman–Crippen MR) is 165 cm³/mol. The van der Waals surface area contributed by atoms with Gasteiger partial charge in [-0.05, 0) is 63.8 Å². The van der Waals surface area contributed by atoms with Crippen LogP contribution in [0.3, 0.4) is 0 Å². The van der Waals surface area contributed by atoms with E-state index in [-0.39, 0.29) is 126 Å². The molecule has 0 radical (unpaired) electrons. The zero-order chi connectivity index (χ0) is 29.2. The molecule has 0 bridgehead atoms. The standard InChI is InChI=1S/C13H20N2O2.C12H17BrN2O.CH2O3.CH4O.2CH4.2K.H/c1-10(2)15-13(4-6-14-15)12-9-17-7-5-11(12)8-16-3;1-9(2)15-12(3-5-14-15)11-8-16-6-4-10(11)7-13;2-1-4-3;1-2;;;;;/h4,6,10H,5,7-9H2,1-3H3;3,5,9H,4,6-8H2,1-2H3;1,3H;2H,1H3;2*1H4;;;/q;;;;;;2*+1;-1/p-1. The van der Waals surface area contributed by atoms with Crippen molar-refractivity contribution in [2.24, 2.45) is 0 Å². The first-order valence-corrected chi connectivity index (χ1v) is 13.9. The van der Waals surface area contributed by atoms with Gasteiger partial charge in [-0.25, -0.2) is 0 Å². The fraction of sp³-hybridized carbons (Fsp3) is 0.621. The van der Waals surface area contributed by atoms with Crippen LogP contribution in [-0.2, 0) is 23.9 Å². The van der Waals surface area contributed by atoms with Crippen molar-refractivity contribution in [2.45, 2.75) is 67.5 Å². The second kappa shape index (κ2) is 30.3. The fourth-order valence-electron chi connectivity index (χ4n) is 4.17. The Kier molecular flexibility index (Phi) is 35.7. The van der Waals surface area contributed by atoms with E-state index in [1.54, 1.807) is 7.11 Å². The first-order chi connectivity index (χ1) is 18.9. The van der Waals surface area contributed by atoms with Gasteiger partial charge in [-0.1, -0.05) is 30.8 Å². The quantitative estimate of drug-likeness (QED) is 0.117. The number of ether oxygens (including phenoxy) is 3. The van der Waals surface area contributed by atoms with E-state index in [4.69, 9.17) is 29.4 Å². The van der Waals surface area contributed by atoms with Crippen LogP contribution in [0.15, 0.2) is 35.7 Å². The van der Waals surface area contributed by atoms with Gasteiger partial charge in [0.05, 0.1) is 44.4 Å². The number of hydrogen-bond donors (Lipinski definition) is 1. The molecule has 0 fully saturated rings. The molecule has 0 unspecified atom stereocenters. The molecule has 238 valence electrons. The smallest absolute Gasteiger partial charge is 1.00 e. The number of aliphatic hydroxyl groups is 1. The van der Waals surface area contributed by atoms with Gasteiger partial charge in [0.1, 0.15) is 0 Å². The molecule has 0 aliphatic carbocycles. The van der Waals surface area contributed by atoms with Crippen molar-refractivity contribution in [3.63, 3.8) is 0 Å². The van der Waals surface area contributed by atoms with Gasteiger partial charge in [0.2, 0.25) is 0 Å². The van der Waals surface area contributed by atoms with E-state index in [9.17, 15) is 0 Å². The second-order valence-corrected chi connectivity index (χ2v) is 9.60. The molecule has 0 spiro atoms. The van der Waals surface area contributed by atoms with Gasteiger partial charge >= 0.3 is 103 Å². The van der Waals surface area contributed by atoms with Gasteiger partial charge in [-0.3, -0.25) is 14.2 Å². The zero-order valence-corrected chi connectivity index (χ0v) is 33.6. The van der Waals surface area contributed by atoms with Crippen molar-refractivity contribution in [3.05, 3.63) is 47.1 Å². The topological polar surface area (TPSA) is 133 Å². The van der Waals surface area contributed by atoms with Crippen molar-refractivity contribution in [2.75, 3.05) is 52.6 Å². The summed E-state index contributed by atoms with van der Waals surface area (Å²) in [5.74, 6) is 0. The molecule has 11 nitrogen and oxygen atoms in total. The maximum atomic E-state index is 8.64. The van der Waals surface area contributed by atoms with Crippen LogP contribution in [0.4, 0.5) is 0 Å². The van der Waals surface area contributed by atoms with Gasteiger partial charge in [0, 0.05) is 55.2 Å². The van der Waals surface area contributed by atoms with E-state index in [2.05, 4.69) is 75.5 Å². The van der Waals surface area contributed by atoms with Crippen LogP contribution in [0.1, 0.15) is 80.3 Å². The van der Waals surface area contributed by atoms with Crippen LogP contribution in [0, 0.1) is 0 Å². The first kappa shape index (κ1) is 50.8. The van der Waals surface area contributed by atoms with Crippen molar-refractivity contribution < 1.29 is 138 Å². The van der Waals surface area contributed by atoms with Crippen LogP contribution in [-0.4, -0.2) is 83.7 Å². The van der Waals surface area contributed by atoms with Gasteiger partial charge < -0.3 is 30.9 Å². The number of aromatic nitrogens is 4. The number of methoxy groups -OCH3 is 1. The summed E-state index contributed by atoms with van der Waals surface area (Å²) in [5, 5.41) is 25.1. The summed E-state index contributed by atoms with van der Waals surface area (Å²) in [6, 6.07) is 4.88. The third-order valence-electron chi connectivity index (χ3n) is 5.90. The minimum Gasteiger partial charge on any atom is -1.00 e. The Morgan fingerprint density at radius 2 is 1.35 bits per heavy atom. The molecule has 2 aliphatic rings. The Labute approximate surface area is 353 Å². The van der Waals surface area contributed by atoms with Crippen LogP contribution in [0.5, 0.6) is 0 Å². The minimum absolute atomic E-state index is 0. The number of halogens is 1. The Morgan fingerprint density at radius 1 is 0.953 bits per heavy atom. The molecule has 4 heterocycles. The molecule has 2 aromatic heterocycles. The number of carbonyl (C=O) groups excluding carboxylic acids is 1. The van der Waals surface area contributed by atoms with E-state index in [0.717, 1.165) is 44.2 Å². The molecular formula is C29H51BrK2N4O7. The second-order valence-electron chi connectivity index (χ2n) is 9.04. The monoisotopic (exact) mass is 724 g/mol. The SMILES string of the molecule is C.C.CC(C)n1nccc1C1=C(CBr)CCOC1.CO.COCC1=C(c2ccnn2C(C)C)COCC1.O=CO[O-].[H-].[K+].[K+]. The van der Waals surface area contributed by atoms with Gasteiger partial charge in [0.15, 0.2) is 0 Å². The minimum atomic E-state index is -0.181. The van der Waals surface area contributed by atoms with Gasteiger partial charge in [-0.15, -0.1) is 0 Å². The summed E-state index contributed by atoms with van der Waals surface area (Å²) in [7, 11) is 2.74. The number of nitrogens with zero attached hydrogens (tertiary/aromatic N) is 4. The maximum Gasteiger partial charge on any atom is 1.00 e. The number of alkyl halides is 1. The van der Waals surface area contributed by atoms with E-state index in [1.165, 1.54) is 28.0 Å². The Balaban J connectivity index is -0.000000178.